The molecule has 1 aromatic carbocycles. The molecule has 1 N–H and O–H groups in total. The van der Waals surface area contributed by atoms with Gasteiger partial charge in [-0.25, -0.2) is 0 Å². The first-order chi connectivity index (χ1) is 6.50. The van der Waals surface area contributed by atoms with Gasteiger partial charge in [0.15, 0.2) is 0 Å². The van der Waals surface area contributed by atoms with E-state index in [1.165, 1.54) is 0 Å². The third-order valence-electron chi connectivity index (χ3n) is 1.84. The van der Waals surface area contributed by atoms with Crippen LogP contribution in [0.25, 0.3) is 0 Å². The average molecular weight is 212 g/mol. The van der Waals surface area contributed by atoms with Gasteiger partial charge in [0.1, 0.15) is 5.75 Å². The second-order valence-electron chi connectivity index (χ2n) is 3.15. The molecule has 4 heteroatoms. The van der Waals surface area contributed by atoms with E-state index < -0.39 is 16.8 Å². The van der Waals surface area contributed by atoms with Crippen LogP contribution in [-0.4, -0.2) is 21.0 Å². The minimum atomic E-state index is -1.43. The maximum absolute atomic E-state index is 11.6. The van der Waals surface area contributed by atoms with Crippen LogP contribution in [0.5, 0.6) is 0 Å². The molecule has 14 heavy (non-hydrogen) atoms. The van der Waals surface area contributed by atoms with Gasteiger partial charge in [-0.05, 0) is 31.0 Å². The second kappa shape index (κ2) is 4.37. The summed E-state index contributed by atoms with van der Waals surface area (Å²) in [6, 6.07) is 5.54. The fourth-order valence-electron chi connectivity index (χ4n) is 1.14. The topological polar surface area (TPSA) is 54.4 Å². The van der Waals surface area contributed by atoms with E-state index in [4.69, 9.17) is 5.11 Å². The van der Waals surface area contributed by atoms with Crippen molar-refractivity contribution in [3.8, 4) is 0 Å². The molecule has 76 valence electrons. The Bertz CT molecular complexity index is 385. The van der Waals surface area contributed by atoms with Crippen molar-refractivity contribution in [1.82, 2.24) is 0 Å². The number of benzene rings is 1. The van der Waals surface area contributed by atoms with Crippen molar-refractivity contribution in [1.29, 1.82) is 0 Å². The van der Waals surface area contributed by atoms with E-state index >= 15 is 0 Å². The Morgan fingerprint density at radius 1 is 1.43 bits per heavy atom. The third-order valence-corrected chi connectivity index (χ3v) is 3.28. The Morgan fingerprint density at radius 3 is 2.64 bits per heavy atom. The molecule has 0 aliphatic heterocycles. The lowest BCUT2D eigenvalue weighted by atomic mass is 10.2. The number of carboxylic acid groups (broad SMARTS) is 1. The largest absolute Gasteiger partial charge is 0.481 e. The average Bonchev–Trinajstić information content (AvgIpc) is 2.08. The van der Waals surface area contributed by atoms with Gasteiger partial charge in [0, 0.05) is 4.90 Å². The summed E-state index contributed by atoms with van der Waals surface area (Å²) in [6.07, 6.45) is 0. The van der Waals surface area contributed by atoms with Crippen LogP contribution in [0.1, 0.15) is 11.1 Å². The molecule has 1 unspecified atom stereocenters. The quantitative estimate of drug-likeness (QED) is 0.826. The van der Waals surface area contributed by atoms with Gasteiger partial charge >= 0.3 is 5.97 Å². The van der Waals surface area contributed by atoms with Crippen LogP contribution in [0.3, 0.4) is 0 Å². The fraction of sp³-hybridized carbons (Fsp3) is 0.300. The molecule has 0 fully saturated rings. The summed E-state index contributed by atoms with van der Waals surface area (Å²) < 4.78 is 11.6. The van der Waals surface area contributed by atoms with E-state index in [1.54, 1.807) is 6.07 Å². The first kappa shape index (κ1) is 10.9. The van der Waals surface area contributed by atoms with E-state index in [2.05, 4.69) is 0 Å². The summed E-state index contributed by atoms with van der Waals surface area (Å²) in [5.41, 5.74) is 1.86. The van der Waals surface area contributed by atoms with Crippen LogP contribution >= 0.6 is 0 Å². The predicted octanol–water partition coefficient (Wildman–Crippen LogP) is 1.50. The molecule has 0 aromatic heterocycles. The second-order valence-corrected chi connectivity index (χ2v) is 4.57. The van der Waals surface area contributed by atoms with E-state index in [0.717, 1.165) is 11.1 Å². The highest BCUT2D eigenvalue weighted by molar-refractivity contribution is 7.85. The number of aryl methyl sites for hydroxylation is 2. The zero-order valence-electron chi connectivity index (χ0n) is 8.11. The maximum atomic E-state index is 11.6. The van der Waals surface area contributed by atoms with E-state index in [-0.39, 0.29) is 5.75 Å². The summed E-state index contributed by atoms with van der Waals surface area (Å²) in [5, 5.41) is 8.51. The zero-order chi connectivity index (χ0) is 10.7. The predicted molar refractivity (Wildman–Crippen MR) is 54.8 cm³/mol. The van der Waals surface area contributed by atoms with Crippen molar-refractivity contribution in [3.63, 3.8) is 0 Å². The van der Waals surface area contributed by atoms with Crippen molar-refractivity contribution in [2.75, 3.05) is 5.75 Å². The Hall–Kier alpha value is -1.16. The van der Waals surface area contributed by atoms with Gasteiger partial charge in [0.25, 0.3) is 0 Å². The Morgan fingerprint density at radius 2 is 2.07 bits per heavy atom. The molecule has 0 saturated carbocycles. The Balaban J connectivity index is 3.00. The monoisotopic (exact) mass is 212 g/mol. The highest BCUT2D eigenvalue weighted by Crippen LogP contribution is 2.14. The molecule has 0 heterocycles. The third kappa shape index (κ3) is 2.67. The minimum Gasteiger partial charge on any atom is -0.481 e. The molecular weight excluding hydrogens is 200 g/mol. The van der Waals surface area contributed by atoms with Crippen LogP contribution in [0.2, 0.25) is 0 Å². The number of carbonyl (C=O) groups is 1. The lowest BCUT2D eigenvalue weighted by Gasteiger charge is -2.04. The van der Waals surface area contributed by atoms with E-state index in [9.17, 15) is 9.00 Å². The summed E-state index contributed by atoms with van der Waals surface area (Å²) >= 11 is 0. The summed E-state index contributed by atoms with van der Waals surface area (Å²) in [4.78, 5) is 11.0. The summed E-state index contributed by atoms with van der Waals surface area (Å²) in [6.45, 7) is 3.72. The van der Waals surface area contributed by atoms with Gasteiger partial charge in [-0.15, -0.1) is 0 Å². The molecule has 0 aliphatic carbocycles. The van der Waals surface area contributed by atoms with Gasteiger partial charge in [0.05, 0.1) is 10.8 Å². The molecule has 0 aliphatic rings. The molecule has 3 nitrogen and oxygen atoms in total. The number of carboxylic acids is 1. The van der Waals surface area contributed by atoms with Crippen LogP contribution < -0.4 is 0 Å². The van der Waals surface area contributed by atoms with Crippen molar-refractivity contribution in [3.05, 3.63) is 29.3 Å². The van der Waals surface area contributed by atoms with Crippen LogP contribution in [0, 0.1) is 13.8 Å². The number of rotatable bonds is 3. The van der Waals surface area contributed by atoms with Gasteiger partial charge < -0.3 is 5.11 Å². The van der Waals surface area contributed by atoms with Crippen molar-refractivity contribution in [2.45, 2.75) is 18.7 Å². The van der Waals surface area contributed by atoms with Gasteiger partial charge in [-0.2, -0.15) is 0 Å². The molecule has 0 bridgehead atoms. The van der Waals surface area contributed by atoms with Gasteiger partial charge in [0.2, 0.25) is 0 Å². The first-order valence-electron chi connectivity index (χ1n) is 4.18. The Kier molecular flexibility index (Phi) is 3.41. The molecule has 1 aromatic rings. The van der Waals surface area contributed by atoms with E-state index in [0.29, 0.717) is 4.90 Å². The molecule has 1 rings (SSSR count). The SMILES string of the molecule is Cc1ccc(C)c(S(=O)CC(=O)O)c1. The molecule has 0 radical (unpaired) electrons. The maximum Gasteiger partial charge on any atom is 0.316 e. The standard InChI is InChI=1S/C10H12O3S/c1-7-3-4-8(2)9(5-7)14(13)6-10(11)12/h3-5H,6H2,1-2H3,(H,11,12). The van der Waals surface area contributed by atoms with Crippen LogP contribution in [0.4, 0.5) is 0 Å². The van der Waals surface area contributed by atoms with Gasteiger partial charge in [-0.1, -0.05) is 12.1 Å². The van der Waals surface area contributed by atoms with Crippen molar-refractivity contribution < 1.29 is 14.1 Å². The molecule has 0 saturated heterocycles. The minimum absolute atomic E-state index is 0.329. The lowest BCUT2D eigenvalue weighted by molar-refractivity contribution is -0.133. The molecule has 0 amide bonds. The van der Waals surface area contributed by atoms with Gasteiger partial charge in [-0.3, -0.25) is 9.00 Å². The fourth-order valence-corrected chi connectivity index (χ4v) is 2.27. The highest BCUT2D eigenvalue weighted by atomic mass is 32.2. The van der Waals surface area contributed by atoms with Crippen molar-refractivity contribution in [2.24, 2.45) is 0 Å². The van der Waals surface area contributed by atoms with E-state index in [1.807, 2.05) is 26.0 Å². The molecular formula is C10H12O3S. The zero-order valence-corrected chi connectivity index (χ0v) is 8.93. The van der Waals surface area contributed by atoms with Crippen LogP contribution in [0.15, 0.2) is 23.1 Å². The van der Waals surface area contributed by atoms with Crippen LogP contribution in [-0.2, 0) is 15.6 Å². The Labute approximate surface area is 85.2 Å². The molecule has 0 spiro atoms. The number of aliphatic carboxylic acids is 1. The number of hydrogen-bond donors (Lipinski definition) is 1. The normalized spacial score (nSPS) is 12.4. The van der Waals surface area contributed by atoms with Crippen molar-refractivity contribution >= 4 is 16.8 Å². The smallest absolute Gasteiger partial charge is 0.316 e. The molecule has 1 atom stereocenters. The summed E-state index contributed by atoms with van der Waals surface area (Å²) in [5.74, 6) is -1.37. The highest BCUT2D eigenvalue weighted by Gasteiger charge is 2.11. The first-order valence-corrected chi connectivity index (χ1v) is 5.50. The lowest BCUT2D eigenvalue weighted by Crippen LogP contribution is -2.10. The number of hydrogen-bond acceptors (Lipinski definition) is 2. The summed E-state index contributed by atoms with van der Waals surface area (Å²) in [7, 11) is -1.43.